The van der Waals surface area contributed by atoms with E-state index in [4.69, 9.17) is 29.8 Å². The Morgan fingerprint density at radius 2 is 1.77 bits per heavy atom. The van der Waals surface area contributed by atoms with Gasteiger partial charge in [-0.05, 0) is 75.1 Å². The van der Waals surface area contributed by atoms with Crippen molar-refractivity contribution < 1.29 is 37.5 Å². The van der Waals surface area contributed by atoms with Crippen LogP contribution >= 0.6 is 19.2 Å². The molecule has 0 spiro atoms. The molecule has 0 aromatic carbocycles. The van der Waals surface area contributed by atoms with Crippen LogP contribution in [-0.2, 0) is 32.4 Å². The molecule has 0 aromatic rings. The van der Waals surface area contributed by atoms with Crippen molar-refractivity contribution in [3.63, 3.8) is 0 Å². The predicted molar refractivity (Wildman–Crippen MR) is 175 cm³/mol. The van der Waals surface area contributed by atoms with Gasteiger partial charge >= 0.3 is 7.60 Å². The van der Waals surface area contributed by atoms with E-state index < -0.39 is 43.3 Å². The number of carbonyl (C=O) groups excluding carboxylic acids is 2. The van der Waals surface area contributed by atoms with Crippen LogP contribution in [0, 0.1) is 28.6 Å². The number of fused-ring (bicyclic) bond motifs is 5. The number of ether oxygens (including phenoxy) is 1. The largest absolute Gasteiger partial charge is 0.409 e. The van der Waals surface area contributed by atoms with Gasteiger partial charge in [0.25, 0.3) is 0 Å². The maximum absolute atomic E-state index is 14.7. The lowest BCUT2D eigenvalue weighted by molar-refractivity contribution is -0.190. The highest BCUT2D eigenvalue weighted by Crippen LogP contribution is 2.72. The van der Waals surface area contributed by atoms with Gasteiger partial charge in [-0.15, -0.1) is 11.6 Å². The van der Waals surface area contributed by atoms with Crippen LogP contribution in [-0.4, -0.2) is 67.7 Å². The van der Waals surface area contributed by atoms with Gasteiger partial charge in [0.05, 0.1) is 30.8 Å². The van der Waals surface area contributed by atoms with Crippen molar-refractivity contribution in [2.75, 3.05) is 26.2 Å². The van der Waals surface area contributed by atoms with Crippen molar-refractivity contribution in [2.45, 2.75) is 116 Å². The highest BCUT2D eigenvalue weighted by molar-refractivity contribution is 7.53. The number of hydrogen-bond donors (Lipinski definition) is 1. The van der Waals surface area contributed by atoms with Crippen LogP contribution in [0.4, 0.5) is 0 Å². The van der Waals surface area contributed by atoms with Crippen molar-refractivity contribution >= 4 is 39.1 Å². The molecule has 250 valence electrons. The number of aliphatic hydroxyl groups is 1. The van der Waals surface area contributed by atoms with Crippen LogP contribution in [0.3, 0.4) is 0 Å². The van der Waals surface area contributed by atoms with Gasteiger partial charge in [-0.25, -0.2) is 0 Å². The van der Waals surface area contributed by atoms with Gasteiger partial charge in [0.15, 0.2) is 19.9 Å². The summed E-state index contributed by atoms with van der Waals surface area (Å²) >= 11 is 7.66. The minimum absolute atomic E-state index is 0.0323. The molecule has 0 aromatic heterocycles. The second-order valence-corrected chi connectivity index (χ2v) is 22.8. The summed E-state index contributed by atoms with van der Waals surface area (Å²) in [6, 6.07) is 0. The summed E-state index contributed by atoms with van der Waals surface area (Å²) in [5, 5.41) is 12.0. The summed E-state index contributed by atoms with van der Waals surface area (Å²) in [6.07, 6.45) is 5.90. The summed E-state index contributed by atoms with van der Waals surface area (Å²) in [6.45, 7) is 20.3. The molecule has 0 unspecified atom stereocenters. The zero-order valence-corrected chi connectivity index (χ0v) is 31.0. The Morgan fingerprint density at radius 3 is 2.34 bits per heavy atom. The van der Waals surface area contributed by atoms with E-state index in [-0.39, 0.29) is 66.9 Å². The molecule has 4 aliphatic rings. The monoisotopic (exact) mass is 672 g/mol. The Labute approximate surface area is 270 Å². The zero-order chi connectivity index (χ0) is 33.1. The van der Waals surface area contributed by atoms with Crippen LogP contribution in [0.2, 0.25) is 18.1 Å². The lowest BCUT2D eigenvalue weighted by atomic mass is 9.46. The van der Waals surface area contributed by atoms with Gasteiger partial charge in [-0.3, -0.25) is 14.2 Å². The van der Waals surface area contributed by atoms with Crippen LogP contribution < -0.4 is 0 Å². The second-order valence-electron chi connectivity index (χ2n) is 15.3. The molecule has 2 saturated carbocycles. The highest BCUT2D eigenvalue weighted by atomic mass is 35.5. The number of rotatable bonds is 11. The Hall–Kier alpha value is -0.643. The van der Waals surface area contributed by atoms with E-state index >= 15 is 0 Å². The second kappa shape index (κ2) is 12.1. The lowest BCUT2D eigenvalue weighted by Crippen LogP contribution is -2.69. The number of halogens is 1. The van der Waals surface area contributed by atoms with E-state index in [0.717, 1.165) is 5.57 Å². The maximum Gasteiger partial charge on any atom is 0.356 e. The molecule has 4 rings (SSSR count). The Kier molecular flexibility index (Phi) is 9.96. The normalized spacial score (nSPS) is 39.0. The van der Waals surface area contributed by atoms with Crippen LogP contribution in [0.5, 0.6) is 0 Å². The van der Waals surface area contributed by atoms with Gasteiger partial charge < -0.3 is 23.3 Å². The van der Waals surface area contributed by atoms with E-state index in [0.29, 0.717) is 19.3 Å². The quantitative estimate of drug-likeness (QED) is 0.104. The number of allylic oxidation sites excluding steroid dienone is 4. The number of carbonyl (C=O) groups is 2. The first-order valence-corrected chi connectivity index (χ1v) is 21.2. The molecule has 2 fully saturated rings. The third-order valence-corrected chi connectivity index (χ3v) is 19.2. The molecule has 0 saturated heterocycles. The number of aliphatic hydroxyl groups excluding tert-OH is 1. The van der Waals surface area contributed by atoms with Crippen LogP contribution in [0.25, 0.3) is 0 Å². The highest BCUT2D eigenvalue weighted by Gasteiger charge is 2.75. The summed E-state index contributed by atoms with van der Waals surface area (Å²) in [7, 11) is -5.98. The number of hydrogen-bond acceptors (Lipinski definition) is 8. The third kappa shape index (κ3) is 5.43. The van der Waals surface area contributed by atoms with Crippen molar-refractivity contribution in [3.8, 4) is 0 Å². The van der Waals surface area contributed by atoms with Crippen molar-refractivity contribution in [1.29, 1.82) is 0 Å². The summed E-state index contributed by atoms with van der Waals surface area (Å²) in [4.78, 5) is 26.0. The fourth-order valence-corrected chi connectivity index (χ4v) is 11.5. The van der Waals surface area contributed by atoms with Gasteiger partial charge in [0, 0.05) is 17.3 Å². The van der Waals surface area contributed by atoms with Gasteiger partial charge in [0.2, 0.25) is 0 Å². The van der Waals surface area contributed by atoms with Gasteiger partial charge in [-0.1, -0.05) is 59.3 Å². The number of alkyl halides is 1. The topological polar surface area (TPSA) is 108 Å². The number of Topliss-reactive ketones (excluding diaryl/α,β-unsaturated/α-hetero) is 1. The molecular weight excluding hydrogens is 619 g/mol. The van der Waals surface area contributed by atoms with E-state index in [1.807, 2.05) is 26.8 Å². The van der Waals surface area contributed by atoms with Crippen molar-refractivity contribution in [3.05, 3.63) is 23.8 Å². The molecule has 0 radical (unpaired) electrons. The molecule has 0 amide bonds. The molecule has 8 nitrogen and oxygen atoms in total. The van der Waals surface area contributed by atoms with Crippen LogP contribution in [0.15, 0.2) is 23.8 Å². The first-order valence-electron chi connectivity index (χ1n) is 16.2. The van der Waals surface area contributed by atoms with Gasteiger partial charge in [0.1, 0.15) is 11.9 Å². The lowest BCUT2D eigenvalue weighted by Gasteiger charge is -2.63. The molecule has 0 aliphatic heterocycles. The average molecular weight is 673 g/mol. The molecule has 4 aliphatic carbocycles. The Morgan fingerprint density at radius 1 is 1.16 bits per heavy atom. The Balaban J connectivity index is 1.80. The van der Waals surface area contributed by atoms with Crippen LogP contribution in [0.1, 0.15) is 81.1 Å². The first kappa shape index (κ1) is 36.2. The molecule has 1 N–H and O–H groups in total. The molecule has 44 heavy (non-hydrogen) atoms. The smallest absolute Gasteiger partial charge is 0.356 e. The average Bonchev–Trinajstić information content (AvgIpc) is 3.13. The number of ketones is 2. The first-order chi connectivity index (χ1) is 20.2. The Bertz CT molecular complexity index is 1250. The molecular formula is C33H54ClO8PSi. The van der Waals surface area contributed by atoms with E-state index in [2.05, 4.69) is 39.9 Å². The maximum atomic E-state index is 14.7. The van der Waals surface area contributed by atoms with Crippen molar-refractivity contribution in [2.24, 2.45) is 28.6 Å². The third-order valence-electron chi connectivity index (χ3n) is 12.0. The van der Waals surface area contributed by atoms with Crippen molar-refractivity contribution in [1.82, 2.24) is 0 Å². The molecule has 0 bridgehead atoms. The summed E-state index contributed by atoms with van der Waals surface area (Å²) < 4.78 is 38.1. The zero-order valence-electron chi connectivity index (χ0n) is 28.3. The summed E-state index contributed by atoms with van der Waals surface area (Å²) in [5.74, 6) is -0.774. The SMILES string of the molecule is CCOP(=O)(CO[C@]1(C(=O)CO[Si](C)(C)C(C)(C)C)[C@@H](C)C[C@H]2[C@@H]3CC=C4CC(=O)C=C[C@]4(C)[C@@]3(Cl)[C@@H](O)C[C@@]21C)OCC. The fraction of sp³-hybridized carbons (Fsp3) is 0.818. The fourth-order valence-electron chi connectivity index (χ4n) is 8.67. The minimum Gasteiger partial charge on any atom is -0.409 e. The van der Waals surface area contributed by atoms with E-state index in [9.17, 15) is 19.3 Å². The minimum atomic E-state index is -3.68. The van der Waals surface area contributed by atoms with E-state index in [1.165, 1.54) is 0 Å². The van der Waals surface area contributed by atoms with Gasteiger partial charge in [-0.2, -0.15) is 0 Å². The standard InChI is InChI=1S/C33H54ClO8PSi/c1-11-40-43(38,41-12-2)21-39-33(28(37)20-42-44(9,10)29(4,5)6)22(3)17-26-25-14-13-23-18-24(35)15-16-30(23,7)32(25,34)27(36)19-31(26,33)8/h13,15-16,22,25-27,36H,11-12,14,17-21H2,1-10H3/t22-,25-,26-,27-,30-,31-,32-,33-/m0/s1. The summed E-state index contributed by atoms with van der Waals surface area (Å²) in [5.41, 5.74) is -2.05. The molecule has 0 heterocycles. The van der Waals surface area contributed by atoms with E-state index in [1.54, 1.807) is 19.9 Å². The molecule has 8 atom stereocenters. The molecule has 11 heteroatoms. The predicted octanol–water partition coefficient (Wildman–Crippen LogP) is 7.44.